The summed E-state index contributed by atoms with van der Waals surface area (Å²) in [6, 6.07) is 4.77. The van der Waals surface area contributed by atoms with Gasteiger partial charge < -0.3 is 14.9 Å². The maximum atomic E-state index is 9.05. The Morgan fingerprint density at radius 1 is 1.27 bits per heavy atom. The summed E-state index contributed by atoms with van der Waals surface area (Å²) >= 11 is -0.0848. The summed E-state index contributed by atoms with van der Waals surface area (Å²) in [4.78, 5) is 0. The number of rotatable bonds is 2. The summed E-state index contributed by atoms with van der Waals surface area (Å²) in [5, 5.41) is 18.8. The van der Waals surface area contributed by atoms with Crippen molar-refractivity contribution in [1.82, 2.24) is 0 Å². The Bertz CT molecular complexity index is 252. The number of benzene rings is 1. The molecule has 1 aromatic rings. The highest BCUT2D eigenvalue weighted by molar-refractivity contribution is 6.30. The first kappa shape index (κ1) is 8.41. The summed E-state index contributed by atoms with van der Waals surface area (Å²) in [7, 11) is 0. The van der Waals surface area contributed by atoms with Gasteiger partial charge in [-0.25, -0.2) is 0 Å². The van der Waals surface area contributed by atoms with Gasteiger partial charge in [0.2, 0.25) is 0 Å². The first-order valence-corrected chi connectivity index (χ1v) is 4.76. The van der Waals surface area contributed by atoms with E-state index in [1.165, 1.54) is 12.1 Å². The van der Waals surface area contributed by atoms with Crippen molar-refractivity contribution in [3.63, 3.8) is 0 Å². The first-order chi connectivity index (χ1) is 5.24. The Hall–Kier alpha value is -0.688. The van der Waals surface area contributed by atoms with Crippen LogP contribution in [0.2, 0.25) is 0 Å². The van der Waals surface area contributed by atoms with Crippen LogP contribution >= 0.6 is 0 Å². The minimum atomic E-state index is -0.0848. The molecule has 4 heteroatoms. The fraction of sp³-hybridized carbons (Fsp3) is 0.143. The van der Waals surface area contributed by atoms with Crippen molar-refractivity contribution in [3.8, 4) is 11.5 Å². The van der Waals surface area contributed by atoms with Crippen molar-refractivity contribution < 1.29 is 10.2 Å². The molecule has 0 heterocycles. The Morgan fingerprint density at radius 2 is 2.00 bits per heavy atom. The third-order valence-electron chi connectivity index (χ3n) is 1.39. The maximum absolute atomic E-state index is 9.05. The molecule has 0 atom stereocenters. The van der Waals surface area contributed by atoms with E-state index in [1.54, 1.807) is 6.07 Å². The lowest BCUT2D eigenvalue weighted by Gasteiger charge is -1.99. The fourth-order valence-electron chi connectivity index (χ4n) is 0.832. The number of hydrogen-bond donors (Lipinski definition) is 3. The van der Waals surface area contributed by atoms with Crippen molar-refractivity contribution in [3.05, 3.63) is 23.8 Å². The lowest BCUT2D eigenvalue weighted by Crippen LogP contribution is -2.07. The largest absolute Gasteiger partial charge is 0.504 e. The van der Waals surface area contributed by atoms with E-state index >= 15 is 0 Å². The van der Waals surface area contributed by atoms with Crippen LogP contribution in [0.5, 0.6) is 11.5 Å². The van der Waals surface area contributed by atoms with Gasteiger partial charge in [-0.2, -0.15) is 0 Å². The zero-order valence-corrected chi connectivity index (χ0v) is 7.14. The molecule has 0 spiro atoms. The lowest BCUT2D eigenvalue weighted by molar-refractivity contribution is 0.403. The van der Waals surface area contributed by atoms with E-state index in [1.807, 2.05) is 0 Å². The number of phenols is 2. The van der Waals surface area contributed by atoms with Crippen molar-refractivity contribution in [2.75, 3.05) is 0 Å². The number of aromatic hydroxyl groups is 2. The van der Waals surface area contributed by atoms with Gasteiger partial charge in [0, 0.05) is 0 Å². The molecule has 3 nitrogen and oxygen atoms in total. The summed E-state index contributed by atoms with van der Waals surface area (Å²) in [6.45, 7) is 0. The molecule has 11 heavy (non-hydrogen) atoms. The fourth-order valence-corrected chi connectivity index (χ4v) is 1.36. The first-order valence-electron chi connectivity index (χ1n) is 3.28. The standard InChI is InChI=1S/C7H7O2.Al.H2N/c1-5-2-3-6(8)7(9)4-5;;/h2-4,8-9H,1H2;;1H2/q;+1;-1. The predicted molar refractivity (Wildman–Crippen MR) is 43.4 cm³/mol. The summed E-state index contributed by atoms with van der Waals surface area (Å²) in [6.07, 6.45) is 0. The molecule has 0 saturated heterocycles. The van der Waals surface area contributed by atoms with E-state index in [0.29, 0.717) is 0 Å². The molecule has 0 saturated carbocycles. The zero-order chi connectivity index (χ0) is 8.27. The SMILES string of the molecule is [NH2][Al][CH2]c1ccc(O)c(O)c1. The Kier molecular flexibility index (Phi) is 2.78. The van der Waals surface area contributed by atoms with Crippen molar-refractivity contribution in [2.24, 2.45) is 4.72 Å². The average molecular weight is 166 g/mol. The van der Waals surface area contributed by atoms with Crippen LogP contribution in [0.15, 0.2) is 18.2 Å². The molecule has 0 aromatic heterocycles. The number of hydrogen-bond acceptors (Lipinski definition) is 3. The molecule has 0 bridgehead atoms. The van der Waals surface area contributed by atoms with Crippen LogP contribution in [-0.4, -0.2) is 25.7 Å². The highest BCUT2D eigenvalue weighted by Crippen LogP contribution is 2.24. The van der Waals surface area contributed by atoms with Crippen molar-refractivity contribution >= 4 is 15.4 Å². The summed E-state index contributed by atoms with van der Waals surface area (Å²) in [5.74, 6) is -0.156. The Morgan fingerprint density at radius 3 is 2.55 bits per heavy atom. The van der Waals surface area contributed by atoms with E-state index in [-0.39, 0.29) is 26.9 Å². The van der Waals surface area contributed by atoms with Gasteiger partial charge in [-0.1, -0.05) is 16.9 Å². The second-order valence-electron chi connectivity index (χ2n) is 2.26. The molecular weight excluding hydrogens is 157 g/mol. The van der Waals surface area contributed by atoms with Gasteiger partial charge in [0.25, 0.3) is 0 Å². The molecule has 0 aliphatic rings. The van der Waals surface area contributed by atoms with Crippen molar-refractivity contribution in [2.45, 2.75) is 5.28 Å². The number of nitrogens with two attached hydrogens (primary N) is 1. The highest BCUT2D eigenvalue weighted by Gasteiger charge is 1.99. The molecule has 1 rings (SSSR count). The molecule has 0 aliphatic heterocycles. The topological polar surface area (TPSA) is 66.5 Å². The monoisotopic (exact) mass is 166 g/mol. The van der Waals surface area contributed by atoms with Crippen LogP contribution in [-0.2, 0) is 5.28 Å². The molecule has 0 amide bonds. The van der Waals surface area contributed by atoms with Crippen LogP contribution in [0.1, 0.15) is 5.56 Å². The maximum Gasteiger partial charge on any atom is 0.321 e. The molecule has 0 unspecified atom stereocenters. The quantitative estimate of drug-likeness (QED) is 0.433. The highest BCUT2D eigenvalue weighted by atomic mass is 27.1. The number of phenolic OH excluding ortho intramolecular Hbond substituents is 2. The third-order valence-corrected chi connectivity index (χ3v) is 2.10. The molecular formula is C7H9AlNO2. The minimum Gasteiger partial charge on any atom is -0.504 e. The van der Waals surface area contributed by atoms with Gasteiger partial charge in [-0.15, -0.1) is 0 Å². The van der Waals surface area contributed by atoms with Crippen LogP contribution in [0.3, 0.4) is 0 Å². The van der Waals surface area contributed by atoms with Gasteiger partial charge in [0.05, 0.1) is 0 Å². The van der Waals surface area contributed by atoms with Crippen LogP contribution in [0, 0.1) is 0 Å². The predicted octanol–water partition coefficient (Wildman–Crippen LogP) is 0.176. The Labute approximate surface area is 71.4 Å². The van der Waals surface area contributed by atoms with E-state index in [0.717, 1.165) is 10.8 Å². The lowest BCUT2D eigenvalue weighted by atomic mass is 10.2. The molecule has 0 aliphatic carbocycles. The third kappa shape index (κ3) is 2.12. The molecule has 1 aromatic carbocycles. The van der Waals surface area contributed by atoms with E-state index < -0.39 is 0 Å². The molecule has 0 fully saturated rings. The zero-order valence-electron chi connectivity index (χ0n) is 5.99. The molecule has 57 valence electrons. The van der Waals surface area contributed by atoms with E-state index in [2.05, 4.69) is 0 Å². The van der Waals surface area contributed by atoms with Crippen LogP contribution in [0.25, 0.3) is 0 Å². The van der Waals surface area contributed by atoms with Crippen LogP contribution < -0.4 is 4.72 Å². The minimum absolute atomic E-state index is 0.0737. The second-order valence-corrected chi connectivity index (χ2v) is 3.14. The Balaban J connectivity index is 2.86. The van der Waals surface area contributed by atoms with Crippen LogP contribution in [0.4, 0.5) is 0 Å². The normalized spacial score (nSPS) is 9.55. The summed E-state index contributed by atoms with van der Waals surface area (Å²) in [5.41, 5.74) is 0.970. The molecule has 4 N–H and O–H groups in total. The molecule has 1 radical (unpaired) electrons. The smallest absolute Gasteiger partial charge is 0.321 e. The van der Waals surface area contributed by atoms with Gasteiger partial charge in [-0.3, -0.25) is 0 Å². The second kappa shape index (κ2) is 3.63. The van der Waals surface area contributed by atoms with Gasteiger partial charge in [0.1, 0.15) is 0 Å². The van der Waals surface area contributed by atoms with Crippen molar-refractivity contribution in [1.29, 1.82) is 0 Å². The van der Waals surface area contributed by atoms with Gasteiger partial charge in [-0.05, 0) is 12.1 Å². The summed E-state index contributed by atoms with van der Waals surface area (Å²) < 4.78 is 5.39. The van der Waals surface area contributed by atoms with Gasteiger partial charge >= 0.3 is 15.4 Å². The average Bonchev–Trinajstić information content (AvgIpc) is 1.98. The van der Waals surface area contributed by atoms with E-state index in [4.69, 9.17) is 14.9 Å². The van der Waals surface area contributed by atoms with E-state index in [9.17, 15) is 0 Å². The van der Waals surface area contributed by atoms with Gasteiger partial charge in [0.15, 0.2) is 11.5 Å².